The van der Waals surface area contributed by atoms with Crippen molar-refractivity contribution >= 4 is 5.91 Å². The quantitative estimate of drug-likeness (QED) is 0.807. The van der Waals surface area contributed by atoms with Gasteiger partial charge in [0.1, 0.15) is 0 Å². The van der Waals surface area contributed by atoms with Crippen molar-refractivity contribution in [2.24, 2.45) is 5.41 Å². The van der Waals surface area contributed by atoms with Gasteiger partial charge in [-0.15, -0.1) is 0 Å². The molecule has 0 aromatic carbocycles. The first-order chi connectivity index (χ1) is 8.63. The van der Waals surface area contributed by atoms with E-state index in [1.54, 1.807) is 0 Å². The number of rotatable bonds is 2. The molecule has 1 unspecified atom stereocenters. The van der Waals surface area contributed by atoms with E-state index in [-0.39, 0.29) is 17.4 Å². The zero-order chi connectivity index (χ0) is 12.8. The Labute approximate surface area is 107 Å². The number of β-lactam (4-membered cyclic amide) rings is 1. The van der Waals surface area contributed by atoms with Gasteiger partial charge in [-0.3, -0.25) is 9.48 Å². The molecule has 1 atom stereocenters. The van der Waals surface area contributed by atoms with Crippen LogP contribution in [0, 0.1) is 5.41 Å². The molecular weight excluding hydrogens is 230 g/mol. The van der Waals surface area contributed by atoms with E-state index < -0.39 is 0 Å². The van der Waals surface area contributed by atoms with Gasteiger partial charge in [0.05, 0.1) is 17.7 Å². The Morgan fingerprint density at radius 2 is 2.22 bits per heavy atom. The predicted molar refractivity (Wildman–Crippen MR) is 66.0 cm³/mol. The van der Waals surface area contributed by atoms with Crippen molar-refractivity contribution in [3.8, 4) is 0 Å². The van der Waals surface area contributed by atoms with Gasteiger partial charge in [0.15, 0.2) is 0 Å². The van der Waals surface area contributed by atoms with Gasteiger partial charge >= 0.3 is 0 Å². The van der Waals surface area contributed by atoms with Crippen molar-refractivity contribution in [2.45, 2.75) is 38.8 Å². The first-order valence-electron chi connectivity index (χ1n) is 6.56. The molecular formula is C13H19N3O2. The molecule has 0 bridgehead atoms. The summed E-state index contributed by atoms with van der Waals surface area (Å²) in [5.74, 6) is 0.174. The maximum absolute atomic E-state index is 11.9. The van der Waals surface area contributed by atoms with Crippen molar-refractivity contribution in [2.75, 3.05) is 13.2 Å². The average molecular weight is 249 g/mol. The number of carbonyl (C=O) groups is 1. The summed E-state index contributed by atoms with van der Waals surface area (Å²) in [4.78, 5) is 11.9. The number of aromatic nitrogens is 2. The standard InChI is InChI=1S/C13H19N3O2/c1-9(2)16-8-10(7-14-16)11-13(12(17)15-11)3-5-18-6-4-13/h7-9,11H,3-6H2,1-2H3,(H,15,17). The summed E-state index contributed by atoms with van der Waals surface area (Å²) in [5.41, 5.74) is 0.869. The van der Waals surface area contributed by atoms with E-state index in [4.69, 9.17) is 4.74 Å². The fraction of sp³-hybridized carbons (Fsp3) is 0.692. The van der Waals surface area contributed by atoms with Gasteiger partial charge in [0, 0.05) is 31.0 Å². The number of carbonyl (C=O) groups excluding carboxylic acids is 1. The molecule has 0 radical (unpaired) electrons. The summed E-state index contributed by atoms with van der Waals surface area (Å²) in [6.45, 7) is 5.56. The van der Waals surface area contributed by atoms with Crippen LogP contribution in [-0.2, 0) is 9.53 Å². The molecule has 1 aromatic rings. The van der Waals surface area contributed by atoms with Gasteiger partial charge in [-0.2, -0.15) is 5.10 Å². The van der Waals surface area contributed by atoms with Crippen LogP contribution in [0.15, 0.2) is 12.4 Å². The Kier molecular flexibility index (Phi) is 2.66. The Hall–Kier alpha value is -1.36. The molecule has 5 nitrogen and oxygen atoms in total. The highest BCUT2D eigenvalue weighted by Gasteiger charge is 2.56. The third kappa shape index (κ3) is 1.57. The minimum Gasteiger partial charge on any atom is -0.381 e. The SMILES string of the molecule is CC(C)n1cc(C2NC(=O)C23CCOCC3)cn1. The smallest absolute Gasteiger partial charge is 0.229 e. The molecule has 98 valence electrons. The molecule has 18 heavy (non-hydrogen) atoms. The minimum absolute atomic E-state index is 0.112. The molecule has 2 aliphatic rings. The third-order valence-corrected chi connectivity index (χ3v) is 4.15. The highest BCUT2D eigenvalue weighted by atomic mass is 16.5. The van der Waals surface area contributed by atoms with Crippen LogP contribution in [-0.4, -0.2) is 28.9 Å². The number of amides is 1. The Morgan fingerprint density at radius 1 is 1.50 bits per heavy atom. The van der Waals surface area contributed by atoms with Crippen molar-refractivity contribution in [1.82, 2.24) is 15.1 Å². The highest BCUT2D eigenvalue weighted by molar-refractivity contribution is 5.90. The second-order valence-corrected chi connectivity index (χ2v) is 5.52. The predicted octanol–water partition coefficient (Wildman–Crippen LogP) is 1.43. The van der Waals surface area contributed by atoms with Gasteiger partial charge < -0.3 is 10.1 Å². The monoisotopic (exact) mass is 249 g/mol. The fourth-order valence-electron chi connectivity index (χ4n) is 2.90. The molecule has 3 heterocycles. The van der Waals surface area contributed by atoms with E-state index in [2.05, 4.69) is 24.3 Å². The van der Waals surface area contributed by atoms with Crippen LogP contribution in [0.5, 0.6) is 0 Å². The lowest BCUT2D eigenvalue weighted by Gasteiger charge is -2.50. The van der Waals surface area contributed by atoms with E-state index >= 15 is 0 Å². The van der Waals surface area contributed by atoms with E-state index in [1.807, 2.05) is 17.1 Å². The second-order valence-electron chi connectivity index (χ2n) is 5.52. The third-order valence-electron chi connectivity index (χ3n) is 4.15. The number of nitrogens with one attached hydrogen (secondary N) is 1. The maximum Gasteiger partial charge on any atom is 0.229 e. The molecule has 1 amide bonds. The zero-order valence-electron chi connectivity index (χ0n) is 10.8. The molecule has 0 aliphatic carbocycles. The van der Waals surface area contributed by atoms with Crippen LogP contribution in [0.25, 0.3) is 0 Å². The number of ether oxygens (including phenoxy) is 1. The van der Waals surface area contributed by atoms with Crippen molar-refractivity contribution in [3.63, 3.8) is 0 Å². The summed E-state index contributed by atoms with van der Waals surface area (Å²) < 4.78 is 7.31. The molecule has 2 saturated heterocycles. The number of hydrogen-bond donors (Lipinski definition) is 1. The van der Waals surface area contributed by atoms with Gasteiger partial charge in [0.2, 0.25) is 5.91 Å². The molecule has 2 aliphatic heterocycles. The summed E-state index contributed by atoms with van der Waals surface area (Å²) in [7, 11) is 0. The van der Waals surface area contributed by atoms with E-state index in [9.17, 15) is 4.79 Å². The van der Waals surface area contributed by atoms with E-state index in [1.165, 1.54) is 0 Å². The fourth-order valence-corrected chi connectivity index (χ4v) is 2.90. The number of hydrogen-bond acceptors (Lipinski definition) is 3. The topological polar surface area (TPSA) is 56.2 Å². The normalized spacial score (nSPS) is 26.2. The molecule has 0 saturated carbocycles. The Morgan fingerprint density at radius 3 is 2.78 bits per heavy atom. The van der Waals surface area contributed by atoms with Crippen LogP contribution in [0.1, 0.15) is 44.3 Å². The molecule has 5 heteroatoms. The molecule has 2 fully saturated rings. The molecule has 1 N–H and O–H groups in total. The van der Waals surface area contributed by atoms with Crippen LogP contribution < -0.4 is 5.32 Å². The van der Waals surface area contributed by atoms with Crippen molar-refractivity contribution in [3.05, 3.63) is 18.0 Å². The maximum atomic E-state index is 11.9. The van der Waals surface area contributed by atoms with E-state index in [0.717, 1.165) is 18.4 Å². The first kappa shape index (κ1) is 11.7. The van der Waals surface area contributed by atoms with Crippen LogP contribution in [0.4, 0.5) is 0 Å². The van der Waals surface area contributed by atoms with Gasteiger partial charge in [-0.1, -0.05) is 0 Å². The zero-order valence-corrected chi connectivity index (χ0v) is 10.8. The van der Waals surface area contributed by atoms with Crippen molar-refractivity contribution < 1.29 is 9.53 Å². The summed E-state index contributed by atoms with van der Waals surface area (Å²) >= 11 is 0. The highest BCUT2D eigenvalue weighted by Crippen LogP contribution is 2.49. The largest absolute Gasteiger partial charge is 0.381 e. The number of nitrogens with zero attached hydrogens (tertiary/aromatic N) is 2. The summed E-state index contributed by atoms with van der Waals surface area (Å²) in [6, 6.07) is 0.460. The Balaban J connectivity index is 1.85. The van der Waals surface area contributed by atoms with Crippen LogP contribution >= 0.6 is 0 Å². The lowest BCUT2D eigenvalue weighted by atomic mass is 9.65. The minimum atomic E-state index is -0.247. The van der Waals surface area contributed by atoms with Gasteiger partial charge in [-0.25, -0.2) is 0 Å². The first-order valence-corrected chi connectivity index (χ1v) is 6.56. The average Bonchev–Trinajstić information content (AvgIpc) is 2.86. The van der Waals surface area contributed by atoms with E-state index in [0.29, 0.717) is 19.3 Å². The second kappa shape index (κ2) is 4.09. The van der Waals surface area contributed by atoms with Crippen LogP contribution in [0.2, 0.25) is 0 Å². The summed E-state index contributed by atoms with van der Waals surface area (Å²) in [5, 5.41) is 7.38. The van der Waals surface area contributed by atoms with Gasteiger partial charge in [-0.05, 0) is 26.7 Å². The van der Waals surface area contributed by atoms with Crippen LogP contribution in [0.3, 0.4) is 0 Å². The summed E-state index contributed by atoms with van der Waals surface area (Å²) in [6.07, 6.45) is 5.56. The van der Waals surface area contributed by atoms with Gasteiger partial charge in [0.25, 0.3) is 0 Å². The molecule has 1 aromatic heterocycles. The lowest BCUT2D eigenvalue weighted by Crippen LogP contribution is -2.62. The van der Waals surface area contributed by atoms with Crippen molar-refractivity contribution in [1.29, 1.82) is 0 Å². The molecule has 3 rings (SSSR count). The Bertz CT molecular complexity index is 461. The lowest BCUT2D eigenvalue weighted by molar-refractivity contribution is -0.155. The molecule has 1 spiro atoms.